The molecule has 0 spiro atoms. The average molecular weight is 351 g/mol. The van der Waals surface area contributed by atoms with E-state index in [4.69, 9.17) is 4.74 Å². The third-order valence-corrected chi connectivity index (χ3v) is 5.35. The Bertz CT molecular complexity index is 890. The van der Waals surface area contributed by atoms with E-state index in [9.17, 15) is 9.59 Å². The summed E-state index contributed by atoms with van der Waals surface area (Å²) in [5, 5.41) is 0. The Kier molecular flexibility index (Phi) is 4.30. The van der Waals surface area contributed by atoms with E-state index in [-0.39, 0.29) is 18.5 Å². The summed E-state index contributed by atoms with van der Waals surface area (Å²) in [6, 6.07) is 3.93. The van der Waals surface area contributed by atoms with Crippen LogP contribution in [0.2, 0.25) is 0 Å². The number of anilines is 1. The fraction of sp³-hybridized carbons (Fsp3) is 0.421. The molecule has 0 aromatic carbocycles. The lowest BCUT2D eigenvalue weighted by molar-refractivity contribution is -0.142. The van der Waals surface area contributed by atoms with E-state index < -0.39 is 0 Å². The van der Waals surface area contributed by atoms with E-state index >= 15 is 0 Å². The molecule has 2 aliphatic rings. The monoisotopic (exact) mass is 351 g/mol. The Morgan fingerprint density at radius 1 is 1.31 bits per heavy atom. The van der Waals surface area contributed by atoms with E-state index in [2.05, 4.69) is 15.6 Å². The van der Waals surface area contributed by atoms with Gasteiger partial charge in [-0.3, -0.25) is 14.5 Å². The number of amides is 1. The topological polar surface area (TPSA) is 64.4 Å². The molecule has 1 amide bonds. The van der Waals surface area contributed by atoms with Gasteiger partial charge in [-0.05, 0) is 31.4 Å². The summed E-state index contributed by atoms with van der Waals surface area (Å²) in [5.74, 6) is 0.257. The molecule has 2 aromatic rings. The molecule has 0 saturated carbocycles. The molecule has 0 bridgehead atoms. The Balaban J connectivity index is 1.70. The van der Waals surface area contributed by atoms with Crippen LogP contribution in [0.4, 0.5) is 5.82 Å². The van der Waals surface area contributed by atoms with E-state index in [1.807, 2.05) is 13.9 Å². The van der Waals surface area contributed by atoms with Crippen molar-refractivity contribution < 1.29 is 14.3 Å². The molecule has 2 aliphatic heterocycles. The smallest absolute Gasteiger partial charge is 0.302 e. The predicted octanol–water partition coefficient (Wildman–Crippen LogP) is 0.744. The number of fused-ring (bicyclic) bond motifs is 3. The summed E-state index contributed by atoms with van der Waals surface area (Å²) in [6.45, 7) is 3.12. The number of carbonyl (C=O) groups is 2. The van der Waals surface area contributed by atoms with Gasteiger partial charge >= 0.3 is 5.97 Å². The first-order valence-electron chi connectivity index (χ1n) is 9.17. The number of aromatic nitrogens is 2. The van der Waals surface area contributed by atoms with Crippen molar-refractivity contribution in [1.82, 2.24) is 9.55 Å². The second kappa shape index (κ2) is 6.63. The molecule has 0 aliphatic carbocycles. The molecule has 0 saturated heterocycles. The third kappa shape index (κ3) is 2.81. The van der Waals surface area contributed by atoms with Gasteiger partial charge in [0.05, 0.1) is 5.56 Å². The first-order valence-corrected chi connectivity index (χ1v) is 9.17. The van der Waals surface area contributed by atoms with Gasteiger partial charge in [0.15, 0.2) is 0 Å². The number of aryl methyl sites for hydroxylation is 1. The largest absolute Gasteiger partial charge is 0.461 e. The van der Waals surface area contributed by atoms with Crippen LogP contribution in [0.5, 0.6) is 0 Å². The number of hydrogen-bond donors (Lipinski definition) is 0. The zero-order chi connectivity index (χ0) is 18.3. The molecule has 7 heteroatoms. The Hall–Kier alpha value is -2.57. The Morgan fingerprint density at radius 3 is 2.96 bits per heavy atom. The summed E-state index contributed by atoms with van der Waals surface area (Å²) in [5.41, 5.74) is 4.99. The molecule has 2 aromatic heterocycles. The second-order valence-electron chi connectivity index (χ2n) is 7.02. The summed E-state index contributed by atoms with van der Waals surface area (Å²) in [6.07, 6.45) is 5.94. The number of ether oxygens (including phenoxy) is 1. The molecule has 26 heavy (non-hydrogen) atoms. The van der Waals surface area contributed by atoms with Crippen LogP contribution in [-0.4, -0.2) is 35.8 Å². The number of hydrogen-bond acceptors (Lipinski definition) is 4. The standard InChI is InChI=1S/C19H22BN3O3/c1-12(24)26-11-15-16(20)5-7-21-18(15)23-9-6-17-14(19(23)25)10-13-4-2-3-8-22(13)17/h5,7,10H,2-4,6,8-9,11,20H2,1H3. The number of pyridine rings is 1. The van der Waals surface area contributed by atoms with Crippen molar-refractivity contribution in [3.8, 4) is 0 Å². The minimum atomic E-state index is -0.341. The number of carbonyl (C=O) groups excluding carboxylic acids is 2. The summed E-state index contributed by atoms with van der Waals surface area (Å²) < 4.78 is 7.52. The van der Waals surface area contributed by atoms with Crippen LogP contribution in [0.25, 0.3) is 0 Å². The van der Waals surface area contributed by atoms with E-state index in [1.165, 1.54) is 25.5 Å². The maximum Gasteiger partial charge on any atom is 0.302 e. The third-order valence-electron chi connectivity index (χ3n) is 5.35. The van der Waals surface area contributed by atoms with Gasteiger partial charge in [-0.1, -0.05) is 5.46 Å². The fourth-order valence-corrected chi connectivity index (χ4v) is 3.99. The van der Waals surface area contributed by atoms with Crippen molar-refractivity contribution in [2.75, 3.05) is 11.4 Å². The van der Waals surface area contributed by atoms with E-state index in [0.717, 1.165) is 41.7 Å². The van der Waals surface area contributed by atoms with Crippen LogP contribution in [0.3, 0.4) is 0 Å². The van der Waals surface area contributed by atoms with E-state index in [0.29, 0.717) is 12.4 Å². The van der Waals surface area contributed by atoms with Gasteiger partial charge < -0.3 is 9.30 Å². The first-order chi connectivity index (χ1) is 12.6. The van der Waals surface area contributed by atoms with Crippen molar-refractivity contribution in [3.63, 3.8) is 0 Å². The number of esters is 1. The molecule has 0 radical (unpaired) electrons. The Morgan fingerprint density at radius 2 is 2.15 bits per heavy atom. The van der Waals surface area contributed by atoms with Crippen molar-refractivity contribution >= 4 is 31.0 Å². The minimum Gasteiger partial charge on any atom is -0.461 e. The van der Waals surface area contributed by atoms with Crippen molar-refractivity contribution in [2.24, 2.45) is 0 Å². The van der Waals surface area contributed by atoms with Crippen molar-refractivity contribution in [3.05, 3.63) is 40.8 Å². The maximum absolute atomic E-state index is 13.2. The van der Waals surface area contributed by atoms with Gasteiger partial charge in [0.1, 0.15) is 20.3 Å². The minimum absolute atomic E-state index is 0.00433. The highest BCUT2D eigenvalue weighted by atomic mass is 16.5. The first kappa shape index (κ1) is 16.9. The van der Waals surface area contributed by atoms with Crippen LogP contribution in [-0.2, 0) is 35.5 Å². The average Bonchev–Trinajstić information content (AvgIpc) is 3.01. The van der Waals surface area contributed by atoms with Gasteiger partial charge in [-0.15, -0.1) is 0 Å². The molecule has 0 atom stereocenters. The molecule has 4 rings (SSSR count). The quantitative estimate of drug-likeness (QED) is 0.605. The van der Waals surface area contributed by atoms with Crippen molar-refractivity contribution in [1.29, 1.82) is 0 Å². The summed E-state index contributed by atoms with van der Waals surface area (Å²) in [7, 11) is 1.95. The molecule has 0 unspecified atom stereocenters. The molecule has 0 fully saturated rings. The Labute approximate surface area is 153 Å². The number of rotatable bonds is 3. The van der Waals surface area contributed by atoms with Crippen LogP contribution in [0.15, 0.2) is 18.3 Å². The van der Waals surface area contributed by atoms with Gasteiger partial charge in [0.2, 0.25) is 0 Å². The summed E-state index contributed by atoms with van der Waals surface area (Å²) >= 11 is 0. The molecule has 6 nitrogen and oxygen atoms in total. The number of nitrogens with zero attached hydrogens (tertiary/aromatic N) is 3. The molecule has 0 N–H and O–H groups in total. The van der Waals surface area contributed by atoms with Crippen LogP contribution in [0, 0.1) is 0 Å². The highest BCUT2D eigenvalue weighted by Gasteiger charge is 2.32. The maximum atomic E-state index is 13.2. The zero-order valence-corrected chi connectivity index (χ0v) is 15.2. The van der Waals surface area contributed by atoms with Gasteiger partial charge in [-0.2, -0.15) is 0 Å². The SMILES string of the molecule is Bc1ccnc(N2CCc3c(cc4n3CCCC4)C2=O)c1COC(C)=O. The van der Waals surface area contributed by atoms with Gasteiger partial charge in [-0.25, -0.2) is 4.98 Å². The van der Waals surface area contributed by atoms with Crippen LogP contribution < -0.4 is 10.4 Å². The van der Waals surface area contributed by atoms with Gasteiger partial charge in [0, 0.05) is 49.6 Å². The fourth-order valence-electron chi connectivity index (χ4n) is 3.99. The lowest BCUT2D eigenvalue weighted by Gasteiger charge is -2.29. The molecular formula is C19H22BN3O3. The lowest BCUT2D eigenvalue weighted by Crippen LogP contribution is -2.40. The molecule has 4 heterocycles. The van der Waals surface area contributed by atoms with Gasteiger partial charge in [0.25, 0.3) is 5.91 Å². The van der Waals surface area contributed by atoms with Crippen molar-refractivity contribution in [2.45, 2.75) is 45.8 Å². The highest BCUT2D eigenvalue weighted by Crippen LogP contribution is 2.30. The zero-order valence-electron chi connectivity index (χ0n) is 15.2. The second-order valence-corrected chi connectivity index (χ2v) is 7.02. The lowest BCUT2D eigenvalue weighted by atomic mass is 9.91. The molecule has 134 valence electrons. The highest BCUT2D eigenvalue weighted by molar-refractivity contribution is 6.33. The predicted molar refractivity (Wildman–Crippen MR) is 101 cm³/mol. The van der Waals surface area contributed by atoms with Crippen LogP contribution >= 0.6 is 0 Å². The van der Waals surface area contributed by atoms with Crippen LogP contribution in [0.1, 0.15) is 47.1 Å². The van der Waals surface area contributed by atoms with E-state index in [1.54, 1.807) is 11.1 Å². The normalized spacial score (nSPS) is 16.2. The molecular weight excluding hydrogens is 329 g/mol. The summed E-state index contributed by atoms with van der Waals surface area (Å²) in [4.78, 5) is 30.6.